The third-order valence-electron chi connectivity index (χ3n) is 7.45. The lowest BCUT2D eigenvalue weighted by atomic mass is 10.1. The molecule has 0 N–H and O–H groups in total. The van der Waals surface area contributed by atoms with Crippen molar-refractivity contribution in [3.05, 3.63) is 121 Å². The van der Waals surface area contributed by atoms with Gasteiger partial charge in [-0.2, -0.15) is 0 Å². The summed E-state index contributed by atoms with van der Waals surface area (Å²) in [4.78, 5) is 9.54. The van der Waals surface area contributed by atoms with Crippen molar-refractivity contribution >= 4 is 56.0 Å². The number of hydrogen-bond acceptors (Lipinski definition) is 2. The summed E-state index contributed by atoms with van der Waals surface area (Å²) in [7, 11) is 0. The molecule has 0 amide bonds. The van der Waals surface area contributed by atoms with Crippen LogP contribution < -0.4 is 0 Å². The van der Waals surface area contributed by atoms with Crippen LogP contribution in [0.1, 0.15) is 37.5 Å². The third kappa shape index (κ3) is 3.92. The van der Waals surface area contributed by atoms with Crippen molar-refractivity contribution in [3.8, 4) is 11.4 Å². The Bertz CT molecular complexity index is 2060. The zero-order valence-corrected chi connectivity index (χ0v) is 23.2. The number of benzene rings is 3. The van der Waals surface area contributed by atoms with Crippen LogP contribution in [0.3, 0.4) is 0 Å². The Balaban J connectivity index is 0.00000142. The van der Waals surface area contributed by atoms with E-state index in [2.05, 4.69) is 95.9 Å². The molecule has 4 aromatic heterocycles. The van der Waals surface area contributed by atoms with Gasteiger partial charge in [-0.3, -0.25) is 9.97 Å². The summed E-state index contributed by atoms with van der Waals surface area (Å²) in [6, 6.07) is 28.0. The fourth-order valence-corrected chi connectivity index (χ4v) is 5.63. The van der Waals surface area contributed by atoms with Gasteiger partial charge in [0.15, 0.2) is 0 Å². The van der Waals surface area contributed by atoms with Crippen LogP contribution in [-0.2, 0) is 6.42 Å². The van der Waals surface area contributed by atoms with Gasteiger partial charge in [-0.1, -0.05) is 58.2 Å². The summed E-state index contributed by atoms with van der Waals surface area (Å²) in [6.07, 6.45) is 8.51. The Kier molecular flexibility index (Phi) is 6.53. The van der Waals surface area contributed by atoms with E-state index >= 15 is 0 Å². The Hall–Kier alpha value is -4.96. The lowest BCUT2D eigenvalue weighted by Crippen LogP contribution is -2.00. The summed E-state index contributed by atoms with van der Waals surface area (Å²) >= 11 is 0. The van der Waals surface area contributed by atoms with Crippen molar-refractivity contribution in [1.29, 1.82) is 0 Å². The molecule has 0 radical (unpaired) electrons. The number of rotatable bonds is 5. The predicted octanol–water partition coefficient (Wildman–Crippen LogP) is 9.55. The van der Waals surface area contributed by atoms with E-state index in [4.69, 9.17) is 9.97 Å². The number of hydrogen-bond donors (Lipinski definition) is 0. The summed E-state index contributed by atoms with van der Waals surface area (Å²) in [5.74, 6) is 0. The molecule has 0 spiro atoms. The Labute approximate surface area is 234 Å². The van der Waals surface area contributed by atoms with Gasteiger partial charge in [0.1, 0.15) is 0 Å². The lowest BCUT2D eigenvalue weighted by Gasteiger charge is -2.14. The van der Waals surface area contributed by atoms with Crippen LogP contribution in [0.4, 0.5) is 0 Å². The molecule has 196 valence electrons. The van der Waals surface area contributed by atoms with Gasteiger partial charge in [-0.05, 0) is 89.8 Å². The zero-order chi connectivity index (χ0) is 27.8. The zero-order valence-electron chi connectivity index (χ0n) is 23.2. The molecule has 0 unspecified atom stereocenters. The minimum atomic E-state index is 0.977. The van der Waals surface area contributed by atoms with Crippen molar-refractivity contribution in [2.45, 2.75) is 27.2 Å². The van der Waals surface area contributed by atoms with Crippen molar-refractivity contribution < 1.29 is 0 Å². The summed E-state index contributed by atoms with van der Waals surface area (Å²) in [5.41, 5.74) is 11.9. The van der Waals surface area contributed by atoms with E-state index in [1.807, 2.05) is 50.5 Å². The highest BCUT2D eigenvalue weighted by molar-refractivity contribution is 6.09. The Morgan fingerprint density at radius 3 is 1.73 bits per heavy atom. The van der Waals surface area contributed by atoms with Crippen molar-refractivity contribution in [1.82, 2.24) is 19.1 Å². The van der Waals surface area contributed by atoms with Crippen LogP contribution in [0, 0.1) is 0 Å². The summed E-state index contributed by atoms with van der Waals surface area (Å²) in [6.45, 7) is 14.3. The third-order valence-corrected chi connectivity index (χ3v) is 7.45. The second-order valence-electron chi connectivity index (χ2n) is 9.59. The minimum Gasteiger partial charge on any atom is -0.308 e. The SMILES string of the molecule is C=Cc1cc(-n2c3ccc(C=C)cc3c3ncccc32)cc(-n2c3ccc(CC)cc3c3ncccc32)c1.CC. The largest absolute Gasteiger partial charge is 0.308 e. The van der Waals surface area contributed by atoms with Crippen molar-refractivity contribution in [3.63, 3.8) is 0 Å². The molecule has 0 atom stereocenters. The smallest absolute Gasteiger partial charge is 0.0963 e. The van der Waals surface area contributed by atoms with Crippen LogP contribution in [0.2, 0.25) is 0 Å². The first-order chi connectivity index (χ1) is 19.7. The van der Waals surface area contributed by atoms with Crippen LogP contribution >= 0.6 is 0 Å². The fraction of sp³-hybridized carbons (Fsp3) is 0.111. The highest BCUT2D eigenvalue weighted by atomic mass is 15.0. The van der Waals surface area contributed by atoms with Gasteiger partial charge in [0, 0.05) is 34.5 Å². The molecule has 0 aliphatic rings. The second-order valence-corrected chi connectivity index (χ2v) is 9.59. The molecule has 4 nitrogen and oxygen atoms in total. The fourth-order valence-electron chi connectivity index (χ4n) is 5.63. The molecule has 4 heterocycles. The van der Waals surface area contributed by atoms with E-state index in [0.717, 1.165) is 67.4 Å². The van der Waals surface area contributed by atoms with Gasteiger partial charge in [0.2, 0.25) is 0 Å². The van der Waals surface area contributed by atoms with Crippen LogP contribution in [-0.4, -0.2) is 19.1 Å². The van der Waals surface area contributed by atoms with Crippen molar-refractivity contribution in [2.24, 2.45) is 0 Å². The van der Waals surface area contributed by atoms with Gasteiger partial charge in [-0.15, -0.1) is 0 Å². The summed E-state index contributed by atoms with van der Waals surface area (Å²) < 4.78 is 4.61. The van der Waals surface area contributed by atoms with E-state index in [1.54, 1.807) is 0 Å². The standard InChI is InChI=1S/C34H26N4.C2H6/c1-4-22-11-13-29-27(19-22)33-31(9-7-15-35-33)37(29)25-17-24(6-3)18-26(21-25)38-30-14-12-23(5-2)20-28(30)34-32(38)10-8-16-36-34;1-2/h4,6-21H,1,3,5H2,2H3;1-2H3. The molecule has 4 heteroatoms. The molecular formula is C36H32N4. The van der Waals surface area contributed by atoms with Gasteiger partial charge < -0.3 is 9.13 Å². The topological polar surface area (TPSA) is 35.6 Å². The number of aryl methyl sites for hydroxylation is 1. The van der Waals surface area contributed by atoms with Gasteiger partial charge >= 0.3 is 0 Å². The average molecular weight is 521 g/mol. The highest BCUT2D eigenvalue weighted by Crippen LogP contribution is 2.35. The molecule has 0 aliphatic carbocycles. The van der Waals surface area contributed by atoms with Crippen LogP contribution in [0.5, 0.6) is 0 Å². The Morgan fingerprint density at radius 2 is 1.18 bits per heavy atom. The molecule has 7 rings (SSSR count). The maximum atomic E-state index is 4.78. The average Bonchev–Trinajstić information content (AvgIpc) is 3.53. The second kappa shape index (κ2) is 10.3. The molecule has 0 saturated carbocycles. The first-order valence-electron chi connectivity index (χ1n) is 13.9. The first kappa shape index (κ1) is 25.3. The summed E-state index contributed by atoms with van der Waals surface area (Å²) in [5, 5.41) is 2.28. The quantitative estimate of drug-likeness (QED) is 0.226. The van der Waals surface area contributed by atoms with Gasteiger partial charge in [0.05, 0.1) is 33.1 Å². The molecule has 40 heavy (non-hydrogen) atoms. The molecule has 0 aliphatic heterocycles. The highest BCUT2D eigenvalue weighted by Gasteiger charge is 2.17. The predicted molar refractivity (Wildman–Crippen MR) is 172 cm³/mol. The van der Waals surface area contributed by atoms with Gasteiger partial charge in [-0.25, -0.2) is 0 Å². The first-order valence-corrected chi connectivity index (χ1v) is 13.9. The monoisotopic (exact) mass is 520 g/mol. The molecule has 0 bridgehead atoms. The normalized spacial score (nSPS) is 11.2. The maximum Gasteiger partial charge on any atom is 0.0963 e. The van der Waals surface area contributed by atoms with E-state index < -0.39 is 0 Å². The van der Waals surface area contributed by atoms with Crippen LogP contribution in [0.25, 0.3) is 67.4 Å². The minimum absolute atomic E-state index is 0.977. The number of fused-ring (bicyclic) bond motifs is 6. The Morgan fingerprint density at radius 1 is 0.625 bits per heavy atom. The molecule has 7 aromatic rings. The van der Waals surface area contributed by atoms with E-state index in [0.29, 0.717) is 0 Å². The van der Waals surface area contributed by atoms with E-state index in [1.165, 1.54) is 10.9 Å². The maximum absolute atomic E-state index is 4.78. The van der Waals surface area contributed by atoms with E-state index in [-0.39, 0.29) is 0 Å². The molecule has 3 aromatic carbocycles. The number of nitrogens with zero attached hydrogens (tertiary/aromatic N) is 4. The number of pyridine rings is 2. The van der Waals surface area contributed by atoms with Gasteiger partial charge in [0.25, 0.3) is 0 Å². The number of aromatic nitrogens is 4. The van der Waals surface area contributed by atoms with Crippen molar-refractivity contribution in [2.75, 3.05) is 0 Å². The van der Waals surface area contributed by atoms with Crippen LogP contribution in [0.15, 0.2) is 104 Å². The lowest BCUT2D eigenvalue weighted by molar-refractivity contribution is 1.12. The van der Waals surface area contributed by atoms with E-state index in [9.17, 15) is 0 Å². The molecular weight excluding hydrogens is 488 g/mol. The molecule has 0 fully saturated rings. The molecule has 0 saturated heterocycles.